The summed E-state index contributed by atoms with van der Waals surface area (Å²) in [5.74, 6) is 0.377. The highest BCUT2D eigenvalue weighted by molar-refractivity contribution is 7.15. The molecule has 188 valence electrons. The molecule has 0 spiro atoms. The Morgan fingerprint density at radius 1 is 1.23 bits per heavy atom. The van der Waals surface area contributed by atoms with Crippen LogP contribution in [0.4, 0.5) is 5.13 Å². The Morgan fingerprint density at radius 2 is 1.94 bits per heavy atom. The number of anilines is 1. The van der Waals surface area contributed by atoms with Gasteiger partial charge in [-0.3, -0.25) is 14.9 Å². The zero-order chi connectivity index (χ0) is 24.9. The van der Waals surface area contributed by atoms with E-state index >= 15 is 0 Å². The van der Waals surface area contributed by atoms with Crippen molar-refractivity contribution in [3.05, 3.63) is 40.4 Å². The maximum absolute atomic E-state index is 12.8. The average molecular weight is 498 g/mol. The molecule has 35 heavy (non-hydrogen) atoms. The van der Waals surface area contributed by atoms with Gasteiger partial charge in [-0.1, -0.05) is 20.8 Å². The number of nitrogens with zero attached hydrogens (tertiary/aromatic N) is 1. The molecular formula is C27H35N3O4S. The van der Waals surface area contributed by atoms with Crippen LogP contribution in [-0.4, -0.2) is 41.2 Å². The van der Waals surface area contributed by atoms with Gasteiger partial charge in [-0.25, -0.2) is 4.98 Å². The summed E-state index contributed by atoms with van der Waals surface area (Å²) < 4.78 is 5.17. The molecule has 8 heteroatoms. The highest BCUT2D eigenvalue weighted by atomic mass is 32.1. The van der Waals surface area contributed by atoms with Crippen molar-refractivity contribution in [3.8, 4) is 5.75 Å². The highest BCUT2D eigenvalue weighted by Crippen LogP contribution is 2.57. The van der Waals surface area contributed by atoms with E-state index in [0.717, 1.165) is 37.8 Å². The summed E-state index contributed by atoms with van der Waals surface area (Å²) >= 11 is 1.54. The molecule has 2 aromatic rings. The molecular weight excluding hydrogens is 462 g/mol. The van der Waals surface area contributed by atoms with Crippen LogP contribution in [0.1, 0.15) is 73.3 Å². The number of carbonyl (C=O) groups excluding carboxylic acids is 2. The number of rotatable bonds is 6. The number of nitrogens with one attached hydrogen (secondary N) is 2. The van der Waals surface area contributed by atoms with Gasteiger partial charge < -0.3 is 15.2 Å². The van der Waals surface area contributed by atoms with Gasteiger partial charge in [0.2, 0.25) is 5.91 Å². The van der Waals surface area contributed by atoms with E-state index < -0.39 is 6.10 Å². The zero-order valence-corrected chi connectivity index (χ0v) is 21.7. The van der Waals surface area contributed by atoms with Gasteiger partial charge in [0, 0.05) is 28.3 Å². The van der Waals surface area contributed by atoms with Crippen molar-refractivity contribution in [1.82, 2.24) is 10.3 Å². The summed E-state index contributed by atoms with van der Waals surface area (Å²) in [4.78, 5) is 31.5. The molecule has 0 bridgehead atoms. The molecule has 2 fully saturated rings. The van der Waals surface area contributed by atoms with Crippen LogP contribution < -0.4 is 15.4 Å². The van der Waals surface area contributed by atoms with Crippen molar-refractivity contribution < 1.29 is 19.4 Å². The average Bonchev–Trinajstić information content (AvgIpc) is 3.56. The number of benzene rings is 1. The standard InChI is InChI=1S/C27H35N3O4S/c1-14(24(32)28-17-7-8-17)19-11-12-27(3)13-20-22(15(2)21(27)23(19)31)29-26(35-20)30-25(33)16-5-9-18(34-4)10-6-16/h5-6,9-10,14-15,17,19,21,23,31H,7-8,11-13H2,1-4H3,(H,28,32)(H,29,30,33)/t14-,15+,19+,21+,23-,27+/m0/s1. The van der Waals surface area contributed by atoms with Crippen molar-refractivity contribution in [2.45, 2.75) is 70.9 Å². The number of thiazole rings is 1. The zero-order valence-electron chi connectivity index (χ0n) is 20.8. The lowest BCUT2D eigenvalue weighted by Gasteiger charge is -2.53. The molecule has 7 nitrogen and oxygen atoms in total. The second-order valence-corrected chi connectivity index (χ2v) is 12.0. The van der Waals surface area contributed by atoms with E-state index in [0.29, 0.717) is 22.5 Å². The molecule has 3 aliphatic carbocycles. The molecule has 0 saturated heterocycles. The van der Waals surface area contributed by atoms with E-state index in [-0.39, 0.29) is 40.9 Å². The van der Waals surface area contributed by atoms with Crippen molar-refractivity contribution >= 4 is 28.3 Å². The third kappa shape index (κ3) is 4.58. The van der Waals surface area contributed by atoms with Crippen LogP contribution in [0.3, 0.4) is 0 Å². The van der Waals surface area contributed by atoms with E-state index in [4.69, 9.17) is 9.72 Å². The van der Waals surface area contributed by atoms with Crippen LogP contribution in [-0.2, 0) is 11.2 Å². The maximum Gasteiger partial charge on any atom is 0.257 e. The number of fused-ring (bicyclic) bond motifs is 2. The Bertz CT molecular complexity index is 1110. The normalized spacial score (nSPS) is 30.5. The quantitative estimate of drug-likeness (QED) is 0.550. The number of hydrogen-bond acceptors (Lipinski definition) is 6. The predicted molar refractivity (Wildman–Crippen MR) is 136 cm³/mol. The van der Waals surface area contributed by atoms with Crippen LogP contribution in [0.2, 0.25) is 0 Å². The number of amides is 2. The molecule has 3 N–H and O–H groups in total. The summed E-state index contributed by atoms with van der Waals surface area (Å²) in [7, 11) is 1.59. The number of aliphatic hydroxyl groups is 1. The summed E-state index contributed by atoms with van der Waals surface area (Å²) in [6.07, 6.45) is 4.21. The van der Waals surface area contributed by atoms with Gasteiger partial charge in [0.25, 0.3) is 5.91 Å². The van der Waals surface area contributed by atoms with Crippen LogP contribution >= 0.6 is 11.3 Å². The van der Waals surface area contributed by atoms with E-state index in [1.165, 1.54) is 16.2 Å². The molecule has 0 unspecified atom stereocenters. The minimum atomic E-state index is -0.559. The van der Waals surface area contributed by atoms with Crippen molar-refractivity contribution in [2.75, 3.05) is 12.4 Å². The second-order valence-electron chi connectivity index (χ2n) is 10.9. The second kappa shape index (κ2) is 9.21. The van der Waals surface area contributed by atoms with Gasteiger partial charge in [-0.2, -0.15) is 0 Å². The minimum absolute atomic E-state index is 0.0252. The minimum Gasteiger partial charge on any atom is -0.497 e. The summed E-state index contributed by atoms with van der Waals surface area (Å²) in [6.45, 7) is 6.36. The summed E-state index contributed by atoms with van der Waals surface area (Å²) in [5, 5.41) is 18.2. The molecule has 2 saturated carbocycles. The fourth-order valence-electron chi connectivity index (χ4n) is 6.27. The van der Waals surface area contributed by atoms with Crippen LogP contribution in [0.5, 0.6) is 5.75 Å². The first-order chi connectivity index (χ1) is 16.7. The monoisotopic (exact) mass is 497 g/mol. The van der Waals surface area contributed by atoms with E-state index in [2.05, 4.69) is 24.5 Å². The first-order valence-corrected chi connectivity index (χ1v) is 13.5. The molecule has 0 radical (unpaired) electrons. The summed E-state index contributed by atoms with van der Waals surface area (Å²) in [6, 6.07) is 7.32. The smallest absolute Gasteiger partial charge is 0.257 e. The molecule has 5 rings (SSSR count). The predicted octanol–water partition coefficient (Wildman–Crippen LogP) is 4.37. The SMILES string of the molecule is COc1ccc(C(=O)Nc2nc3c(s2)C[C@@]2(C)CC[C@H]([C@H](C)C(=O)NC4CC4)[C@H](O)[C@H]2[C@H]3C)cc1. The number of aromatic nitrogens is 1. The van der Waals surface area contributed by atoms with Gasteiger partial charge >= 0.3 is 0 Å². The Kier molecular flexibility index (Phi) is 6.38. The molecule has 1 aromatic carbocycles. The lowest BCUT2D eigenvalue weighted by Crippen LogP contribution is -2.53. The van der Waals surface area contributed by atoms with E-state index in [9.17, 15) is 14.7 Å². The van der Waals surface area contributed by atoms with Crippen molar-refractivity contribution in [1.29, 1.82) is 0 Å². The Labute approximate surface area is 210 Å². The Morgan fingerprint density at radius 3 is 2.60 bits per heavy atom. The number of hydrogen-bond donors (Lipinski definition) is 3. The Hall–Kier alpha value is -2.45. The van der Waals surface area contributed by atoms with Crippen molar-refractivity contribution in [2.24, 2.45) is 23.2 Å². The molecule has 1 heterocycles. The van der Waals surface area contributed by atoms with E-state index in [1.807, 2.05) is 6.92 Å². The van der Waals surface area contributed by atoms with Gasteiger partial charge in [-0.15, -0.1) is 11.3 Å². The summed E-state index contributed by atoms with van der Waals surface area (Å²) in [5.41, 5.74) is 1.46. The van der Waals surface area contributed by atoms with Crippen LogP contribution in [0.25, 0.3) is 0 Å². The topological polar surface area (TPSA) is 101 Å². The Balaban J connectivity index is 1.33. The third-order valence-electron chi connectivity index (χ3n) is 8.47. The van der Waals surface area contributed by atoms with Gasteiger partial charge in [-0.05, 0) is 73.6 Å². The van der Waals surface area contributed by atoms with Gasteiger partial charge in [0.1, 0.15) is 5.75 Å². The molecule has 3 aliphatic rings. The van der Waals surface area contributed by atoms with Crippen LogP contribution in [0.15, 0.2) is 24.3 Å². The number of carbonyl (C=O) groups is 2. The fourth-order valence-corrected chi connectivity index (χ4v) is 7.53. The number of aliphatic hydroxyl groups excluding tert-OH is 1. The molecule has 2 amide bonds. The highest BCUT2D eigenvalue weighted by Gasteiger charge is 2.54. The third-order valence-corrected chi connectivity index (χ3v) is 9.46. The molecule has 1 aromatic heterocycles. The van der Waals surface area contributed by atoms with Gasteiger partial charge in [0.05, 0.1) is 18.9 Å². The van der Waals surface area contributed by atoms with E-state index in [1.54, 1.807) is 31.4 Å². The lowest BCUT2D eigenvalue weighted by atomic mass is 9.53. The number of methoxy groups -OCH3 is 1. The van der Waals surface area contributed by atoms with Crippen LogP contribution in [0, 0.1) is 23.2 Å². The number of ether oxygens (including phenoxy) is 1. The molecule has 0 aliphatic heterocycles. The van der Waals surface area contributed by atoms with Gasteiger partial charge in [0.15, 0.2) is 5.13 Å². The first-order valence-electron chi connectivity index (χ1n) is 12.6. The lowest BCUT2D eigenvalue weighted by molar-refractivity contribution is -0.134. The van der Waals surface area contributed by atoms with Crippen molar-refractivity contribution in [3.63, 3.8) is 0 Å². The first kappa shape index (κ1) is 24.3. The maximum atomic E-state index is 12.8. The fraction of sp³-hybridized carbons (Fsp3) is 0.593. The largest absolute Gasteiger partial charge is 0.497 e. The molecule has 6 atom stereocenters.